The molecule has 2 aromatic carbocycles. The van der Waals surface area contributed by atoms with Gasteiger partial charge in [-0.3, -0.25) is 10.1 Å². The molecule has 0 spiro atoms. The zero-order chi connectivity index (χ0) is 37.9. The minimum absolute atomic E-state index is 0.900. The maximum Gasteiger partial charge on any atom is 0.490 e. The molecule has 5 rings (SSSR count). The number of aliphatic carboxylic acids is 3. The van der Waals surface area contributed by atoms with Crippen LogP contribution in [0.4, 0.5) is 50.9 Å². The van der Waals surface area contributed by atoms with Crippen molar-refractivity contribution in [3.05, 3.63) is 67.1 Å². The highest BCUT2D eigenvalue weighted by Gasteiger charge is 2.39. The molecule has 0 aliphatic carbocycles. The van der Waals surface area contributed by atoms with Crippen molar-refractivity contribution in [2.24, 2.45) is 0 Å². The average molecular weight is 728 g/mol. The van der Waals surface area contributed by atoms with Crippen LogP contribution >= 0.6 is 0 Å². The number of methoxy groups -OCH3 is 1. The zero-order valence-corrected chi connectivity index (χ0v) is 25.3. The summed E-state index contributed by atoms with van der Waals surface area (Å²) in [5.74, 6) is -7.37. The van der Waals surface area contributed by atoms with Crippen LogP contribution < -0.4 is 14.5 Å². The molecule has 50 heavy (non-hydrogen) atoms. The van der Waals surface area contributed by atoms with Crippen LogP contribution in [0.3, 0.4) is 0 Å². The van der Waals surface area contributed by atoms with Gasteiger partial charge < -0.3 is 29.9 Å². The predicted octanol–water partition coefficient (Wildman–Crippen LogP) is 5.86. The SMILES string of the molecule is COc1cccc(N2CCN(c3ccnc4ccc(-c5cn[nH]c5)cc34)CC2)c1.O=C(O)C(F)(F)F.O=C(O)C(F)(F)F.O=C(O)C(F)(F)F. The van der Waals surface area contributed by atoms with E-state index in [1.54, 1.807) is 7.11 Å². The number of hydrogen-bond donors (Lipinski definition) is 4. The number of piperazine rings is 1. The normalized spacial score (nSPS) is 13.1. The lowest BCUT2D eigenvalue weighted by atomic mass is 10.0. The summed E-state index contributed by atoms with van der Waals surface area (Å²) in [6.07, 6.45) is -9.57. The first-order chi connectivity index (χ1) is 23.1. The number of halogens is 9. The monoisotopic (exact) mass is 727 g/mol. The highest BCUT2D eigenvalue weighted by atomic mass is 19.4. The molecule has 1 aliphatic rings. The third kappa shape index (κ3) is 12.4. The van der Waals surface area contributed by atoms with Gasteiger partial charge in [-0.1, -0.05) is 12.1 Å². The summed E-state index contributed by atoms with van der Waals surface area (Å²) in [6, 6.07) is 16.8. The number of pyridine rings is 1. The fourth-order valence-electron chi connectivity index (χ4n) is 4.01. The fourth-order valence-corrected chi connectivity index (χ4v) is 4.01. The number of benzene rings is 2. The Balaban J connectivity index is 0.000000338. The Morgan fingerprint density at radius 2 is 1.26 bits per heavy atom. The number of carboxylic acids is 3. The Morgan fingerprint density at radius 3 is 1.72 bits per heavy atom. The van der Waals surface area contributed by atoms with Crippen molar-refractivity contribution in [1.82, 2.24) is 15.2 Å². The Morgan fingerprint density at radius 1 is 0.740 bits per heavy atom. The molecule has 0 bridgehead atoms. The summed E-state index contributed by atoms with van der Waals surface area (Å²) in [5, 5.41) is 29.5. The first-order valence-corrected chi connectivity index (χ1v) is 13.6. The molecule has 4 aromatic rings. The van der Waals surface area contributed by atoms with Crippen LogP contribution in [0.2, 0.25) is 0 Å². The van der Waals surface area contributed by atoms with Gasteiger partial charge in [0.2, 0.25) is 0 Å². The van der Waals surface area contributed by atoms with E-state index in [0.717, 1.165) is 48.6 Å². The molecule has 272 valence electrons. The first-order valence-electron chi connectivity index (χ1n) is 13.6. The smallest absolute Gasteiger partial charge is 0.490 e. The van der Waals surface area contributed by atoms with Crippen LogP contribution in [0.15, 0.2) is 67.1 Å². The molecular weight excluding hydrogens is 701 g/mol. The lowest BCUT2D eigenvalue weighted by Crippen LogP contribution is -2.46. The van der Waals surface area contributed by atoms with E-state index in [0.29, 0.717) is 0 Å². The van der Waals surface area contributed by atoms with E-state index < -0.39 is 36.4 Å². The zero-order valence-electron chi connectivity index (χ0n) is 25.3. The molecule has 0 unspecified atom stereocenters. The molecule has 4 N–H and O–H groups in total. The van der Waals surface area contributed by atoms with E-state index in [1.165, 1.54) is 16.8 Å². The Kier molecular flexibility index (Phi) is 13.8. The van der Waals surface area contributed by atoms with E-state index in [2.05, 4.69) is 61.4 Å². The van der Waals surface area contributed by atoms with E-state index in [4.69, 9.17) is 34.4 Å². The Labute approximate surface area is 275 Å². The second-order valence-electron chi connectivity index (χ2n) is 9.63. The first kappa shape index (κ1) is 40.4. The molecule has 3 heterocycles. The minimum Gasteiger partial charge on any atom is -0.497 e. The van der Waals surface area contributed by atoms with Crippen molar-refractivity contribution < 1.29 is 74.0 Å². The molecule has 0 atom stereocenters. The predicted molar refractivity (Wildman–Crippen MR) is 158 cm³/mol. The van der Waals surface area contributed by atoms with Gasteiger partial charge in [-0.2, -0.15) is 44.6 Å². The van der Waals surface area contributed by atoms with E-state index in [-0.39, 0.29) is 0 Å². The van der Waals surface area contributed by atoms with Crippen LogP contribution in [-0.2, 0) is 14.4 Å². The topological polar surface area (TPSA) is 169 Å². The maximum atomic E-state index is 10.6. The van der Waals surface area contributed by atoms with Crippen LogP contribution in [0.25, 0.3) is 22.0 Å². The number of aromatic nitrogens is 3. The van der Waals surface area contributed by atoms with Crippen molar-refractivity contribution in [1.29, 1.82) is 0 Å². The van der Waals surface area contributed by atoms with Crippen molar-refractivity contribution in [3.63, 3.8) is 0 Å². The molecule has 21 heteroatoms. The van der Waals surface area contributed by atoms with Gasteiger partial charge in [-0.25, -0.2) is 14.4 Å². The molecule has 0 radical (unpaired) electrons. The Bertz CT molecular complexity index is 1670. The number of carboxylic acid groups (broad SMARTS) is 3. The molecule has 12 nitrogen and oxygen atoms in total. The van der Waals surface area contributed by atoms with Crippen LogP contribution in [0, 0.1) is 0 Å². The lowest BCUT2D eigenvalue weighted by molar-refractivity contribution is -0.193. The fraction of sp³-hybridized carbons (Fsp3) is 0.276. The number of anilines is 2. The molecule has 0 amide bonds. The summed E-state index contributed by atoms with van der Waals surface area (Å²) in [7, 11) is 1.71. The summed E-state index contributed by atoms with van der Waals surface area (Å²) in [5.41, 5.74) is 5.71. The number of alkyl halides is 9. The van der Waals surface area contributed by atoms with Gasteiger partial charge in [0, 0.05) is 67.0 Å². The third-order valence-corrected chi connectivity index (χ3v) is 6.32. The number of hydrogen-bond acceptors (Lipinski definition) is 8. The number of aromatic amines is 1. The molecule has 1 fully saturated rings. The van der Waals surface area contributed by atoms with Crippen molar-refractivity contribution in [3.8, 4) is 16.9 Å². The largest absolute Gasteiger partial charge is 0.497 e. The molecule has 1 saturated heterocycles. The number of nitrogens with one attached hydrogen (secondary N) is 1. The second kappa shape index (κ2) is 17.1. The average Bonchev–Trinajstić information content (AvgIpc) is 3.59. The third-order valence-electron chi connectivity index (χ3n) is 6.32. The summed E-state index contributed by atoms with van der Waals surface area (Å²) in [6.45, 7) is 3.87. The summed E-state index contributed by atoms with van der Waals surface area (Å²) < 4.78 is 101. The number of ether oxygens (including phenoxy) is 1. The van der Waals surface area contributed by atoms with Gasteiger partial charge >= 0.3 is 36.4 Å². The molecule has 1 aliphatic heterocycles. The minimum atomic E-state index is -5.08. The van der Waals surface area contributed by atoms with E-state index >= 15 is 0 Å². The highest BCUT2D eigenvalue weighted by molar-refractivity contribution is 5.94. The number of nitrogens with zero attached hydrogens (tertiary/aromatic N) is 4. The standard InChI is InChI=1S/C23H23N5O.3C2HF3O2/c1-29-20-4-2-3-19(14-20)27-9-11-28(12-10-27)23-7-8-24-22-6-5-17(13-21(22)23)18-15-25-26-16-18;3*3-2(4,5)1(6)7/h2-8,13-16H,9-12H2,1H3,(H,25,26);3*(H,6,7). The van der Waals surface area contributed by atoms with E-state index in [1.807, 2.05) is 30.7 Å². The lowest BCUT2D eigenvalue weighted by Gasteiger charge is -2.37. The number of fused-ring (bicyclic) bond motifs is 1. The van der Waals surface area contributed by atoms with Crippen LogP contribution in [-0.4, -0.2) is 100 Å². The quantitative estimate of drug-likeness (QED) is 0.186. The maximum absolute atomic E-state index is 10.6. The number of rotatable bonds is 4. The highest BCUT2D eigenvalue weighted by Crippen LogP contribution is 2.31. The van der Waals surface area contributed by atoms with Crippen molar-refractivity contribution >= 4 is 40.2 Å². The van der Waals surface area contributed by atoms with Gasteiger partial charge in [0.05, 0.1) is 18.8 Å². The molecule has 0 saturated carbocycles. The van der Waals surface area contributed by atoms with Crippen molar-refractivity contribution in [2.45, 2.75) is 18.5 Å². The van der Waals surface area contributed by atoms with E-state index in [9.17, 15) is 39.5 Å². The number of H-pyrrole nitrogens is 1. The summed E-state index contributed by atoms with van der Waals surface area (Å²) >= 11 is 0. The molecular formula is C29H26F9N5O7. The number of carbonyl (C=O) groups is 3. The van der Waals surface area contributed by atoms with Gasteiger partial charge in [-0.05, 0) is 35.9 Å². The second-order valence-corrected chi connectivity index (χ2v) is 9.63. The van der Waals surface area contributed by atoms with Gasteiger partial charge in [0.1, 0.15) is 5.75 Å². The molecule has 2 aromatic heterocycles. The van der Waals surface area contributed by atoms with Gasteiger partial charge in [0.25, 0.3) is 0 Å². The summed E-state index contributed by atoms with van der Waals surface area (Å²) in [4.78, 5) is 36.1. The van der Waals surface area contributed by atoms with Crippen LogP contribution in [0.5, 0.6) is 5.75 Å². The Hall–Kier alpha value is -5.76. The van der Waals surface area contributed by atoms with Crippen LogP contribution in [0.1, 0.15) is 0 Å². The van der Waals surface area contributed by atoms with Gasteiger partial charge in [0.15, 0.2) is 0 Å². The van der Waals surface area contributed by atoms with Crippen molar-refractivity contribution in [2.75, 3.05) is 43.1 Å². The van der Waals surface area contributed by atoms with Gasteiger partial charge in [-0.15, -0.1) is 0 Å².